The van der Waals surface area contributed by atoms with Gasteiger partial charge in [0.1, 0.15) is 11.4 Å². The quantitative estimate of drug-likeness (QED) is 0.412. The lowest BCUT2D eigenvalue weighted by atomic mass is 10.2. The van der Waals surface area contributed by atoms with Crippen LogP contribution in [0.1, 0.15) is 27.7 Å². The van der Waals surface area contributed by atoms with Crippen LogP contribution in [0.15, 0.2) is 0 Å². The fraction of sp³-hybridized carbons (Fsp3) is 1.00. The minimum absolute atomic E-state index is 0.0357. The van der Waals surface area contributed by atoms with Gasteiger partial charge in [-0.2, -0.15) is 0 Å². The number of hydrogen-bond acceptors (Lipinski definition) is 5. The van der Waals surface area contributed by atoms with Gasteiger partial charge in [-0.3, -0.25) is 4.84 Å². The zero-order valence-corrected chi connectivity index (χ0v) is 8.61. The molecule has 0 aromatic carbocycles. The van der Waals surface area contributed by atoms with E-state index in [9.17, 15) is 10.2 Å². The van der Waals surface area contributed by atoms with Crippen LogP contribution in [-0.4, -0.2) is 45.0 Å². The van der Waals surface area contributed by atoms with Crippen molar-refractivity contribution in [1.82, 2.24) is 5.06 Å². The van der Waals surface area contributed by atoms with Gasteiger partial charge in [-0.25, -0.2) is 0 Å². The first-order valence-corrected chi connectivity index (χ1v) is 4.18. The third-order valence-electron chi connectivity index (χ3n) is 1.31. The third-order valence-corrected chi connectivity index (χ3v) is 1.31. The highest BCUT2D eigenvalue weighted by atomic mass is 16.7. The summed E-state index contributed by atoms with van der Waals surface area (Å²) in [6.07, 6.45) is 0. The first-order chi connectivity index (χ1) is 5.69. The topological polar surface area (TPSA) is 73.2 Å². The van der Waals surface area contributed by atoms with Crippen molar-refractivity contribution in [2.45, 2.75) is 39.1 Å². The molecule has 0 rings (SSSR count). The summed E-state index contributed by atoms with van der Waals surface area (Å²) >= 11 is 0. The first kappa shape index (κ1) is 12.8. The van der Waals surface area contributed by atoms with Gasteiger partial charge in [0.05, 0.1) is 13.2 Å². The molecule has 0 bridgehead atoms. The number of aliphatic hydroxyl groups excluding tert-OH is 1. The van der Waals surface area contributed by atoms with Crippen LogP contribution < -0.4 is 0 Å². The van der Waals surface area contributed by atoms with Crippen molar-refractivity contribution in [3.8, 4) is 0 Å². The second-order valence-corrected chi connectivity index (χ2v) is 3.84. The molecule has 0 spiro atoms. The summed E-state index contributed by atoms with van der Waals surface area (Å²) in [4.78, 5) is 5.00. The molecule has 0 aliphatic rings. The molecule has 0 unspecified atom stereocenters. The Hall–Kier alpha value is -0.200. The molecular formula is C8H19NO4. The average molecular weight is 193 g/mol. The lowest BCUT2D eigenvalue weighted by molar-refractivity contribution is -0.366. The van der Waals surface area contributed by atoms with Crippen molar-refractivity contribution in [2.75, 3.05) is 13.2 Å². The molecule has 5 heteroatoms. The zero-order chi connectivity index (χ0) is 10.7. The van der Waals surface area contributed by atoms with Gasteiger partial charge in [0.15, 0.2) is 0 Å². The highest BCUT2D eigenvalue weighted by Crippen LogP contribution is 2.21. The van der Waals surface area contributed by atoms with Gasteiger partial charge in [-0.15, -0.1) is 5.06 Å². The Morgan fingerprint density at radius 3 is 1.69 bits per heavy atom. The zero-order valence-electron chi connectivity index (χ0n) is 8.61. The smallest absolute Gasteiger partial charge is 0.138 e. The molecule has 80 valence electrons. The Morgan fingerprint density at radius 2 is 1.46 bits per heavy atom. The second-order valence-electron chi connectivity index (χ2n) is 3.84. The summed E-state index contributed by atoms with van der Waals surface area (Å²) < 4.78 is 0. The summed E-state index contributed by atoms with van der Waals surface area (Å²) in [6, 6.07) is 0. The van der Waals surface area contributed by atoms with Crippen molar-refractivity contribution in [3.05, 3.63) is 0 Å². The lowest BCUT2D eigenvalue weighted by Gasteiger charge is -2.40. The molecule has 0 aromatic rings. The fourth-order valence-corrected chi connectivity index (χ4v) is 1.12. The Kier molecular flexibility index (Phi) is 4.28. The molecule has 0 atom stereocenters. The van der Waals surface area contributed by atoms with Crippen LogP contribution in [0.2, 0.25) is 0 Å². The van der Waals surface area contributed by atoms with Crippen LogP contribution in [0, 0.1) is 0 Å². The first-order valence-electron chi connectivity index (χ1n) is 4.18. The number of aliphatic hydroxyl groups is 3. The van der Waals surface area contributed by atoms with E-state index in [0.29, 0.717) is 0 Å². The van der Waals surface area contributed by atoms with E-state index in [1.165, 1.54) is 27.7 Å². The molecule has 0 aliphatic heterocycles. The molecule has 0 fully saturated rings. The Bertz CT molecular complexity index is 133. The second kappa shape index (κ2) is 4.34. The van der Waals surface area contributed by atoms with Crippen molar-refractivity contribution in [1.29, 1.82) is 0 Å². The van der Waals surface area contributed by atoms with E-state index in [0.717, 1.165) is 5.06 Å². The van der Waals surface area contributed by atoms with Gasteiger partial charge >= 0.3 is 0 Å². The molecule has 0 saturated heterocycles. The number of hydroxylamine groups is 2. The van der Waals surface area contributed by atoms with Gasteiger partial charge in [0.25, 0.3) is 0 Å². The highest BCUT2D eigenvalue weighted by Gasteiger charge is 2.36. The molecule has 0 aliphatic carbocycles. The van der Waals surface area contributed by atoms with E-state index >= 15 is 0 Å². The van der Waals surface area contributed by atoms with Crippen LogP contribution in [-0.2, 0) is 4.84 Å². The van der Waals surface area contributed by atoms with Crippen LogP contribution in [0.25, 0.3) is 0 Å². The van der Waals surface area contributed by atoms with Gasteiger partial charge in [-0.05, 0) is 27.7 Å². The number of rotatable bonds is 5. The average Bonchev–Trinajstić information content (AvgIpc) is 1.81. The highest BCUT2D eigenvalue weighted by molar-refractivity contribution is 4.70. The molecule has 0 amide bonds. The van der Waals surface area contributed by atoms with Gasteiger partial charge in [0.2, 0.25) is 0 Å². The Balaban J connectivity index is 4.39. The van der Waals surface area contributed by atoms with Crippen LogP contribution in [0.4, 0.5) is 0 Å². The summed E-state index contributed by atoms with van der Waals surface area (Å²) in [5, 5.41) is 28.8. The summed E-state index contributed by atoms with van der Waals surface area (Å²) in [5.41, 5.74) is -2.60. The molecular weight excluding hydrogens is 174 g/mol. The maximum absolute atomic E-state index is 9.60. The molecule has 13 heavy (non-hydrogen) atoms. The maximum atomic E-state index is 9.60. The normalized spacial score (nSPS) is 13.8. The predicted octanol–water partition coefficient (Wildman–Crippen LogP) is -0.331. The van der Waals surface area contributed by atoms with Crippen molar-refractivity contribution >= 4 is 0 Å². The third kappa shape index (κ3) is 4.54. The van der Waals surface area contributed by atoms with Crippen LogP contribution >= 0.6 is 0 Å². The van der Waals surface area contributed by atoms with E-state index in [-0.39, 0.29) is 13.2 Å². The van der Waals surface area contributed by atoms with Crippen molar-refractivity contribution in [2.24, 2.45) is 0 Å². The fourth-order valence-electron chi connectivity index (χ4n) is 1.12. The van der Waals surface area contributed by atoms with Crippen LogP contribution in [0.5, 0.6) is 0 Å². The molecule has 0 aromatic heterocycles. The van der Waals surface area contributed by atoms with E-state index in [2.05, 4.69) is 0 Å². The maximum Gasteiger partial charge on any atom is 0.138 e. The SMILES string of the molecule is CC(C)(O)N(OCCO)C(C)(C)O. The van der Waals surface area contributed by atoms with Gasteiger partial charge in [0, 0.05) is 0 Å². The standard InChI is InChI=1S/C8H19NO4/c1-7(2,11)9(8(3,4)12)13-6-5-10/h10-12H,5-6H2,1-4H3. The monoisotopic (exact) mass is 193 g/mol. The van der Waals surface area contributed by atoms with E-state index in [1.54, 1.807) is 0 Å². The molecule has 5 nitrogen and oxygen atoms in total. The molecule has 0 saturated carbocycles. The molecule has 0 heterocycles. The van der Waals surface area contributed by atoms with Crippen molar-refractivity contribution in [3.63, 3.8) is 0 Å². The van der Waals surface area contributed by atoms with E-state index in [1.807, 2.05) is 0 Å². The summed E-state index contributed by atoms with van der Waals surface area (Å²) in [7, 11) is 0. The van der Waals surface area contributed by atoms with Gasteiger partial charge in [-0.1, -0.05) is 0 Å². The minimum Gasteiger partial charge on any atom is -0.394 e. The van der Waals surface area contributed by atoms with E-state index in [4.69, 9.17) is 9.94 Å². The summed E-state index contributed by atoms with van der Waals surface area (Å²) in [6.45, 7) is 5.83. The van der Waals surface area contributed by atoms with Gasteiger partial charge < -0.3 is 15.3 Å². The predicted molar refractivity (Wildman–Crippen MR) is 47.5 cm³/mol. The Labute approximate surface area is 78.5 Å². The lowest BCUT2D eigenvalue weighted by Crippen LogP contribution is -2.55. The Morgan fingerprint density at radius 1 is 1.08 bits per heavy atom. The number of hydrogen-bond donors (Lipinski definition) is 3. The van der Waals surface area contributed by atoms with Crippen molar-refractivity contribution < 1.29 is 20.2 Å². The van der Waals surface area contributed by atoms with Crippen LogP contribution in [0.3, 0.4) is 0 Å². The molecule has 3 N–H and O–H groups in total. The molecule has 0 radical (unpaired) electrons. The minimum atomic E-state index is -1.30. The van der Waals surface area contributed by atoms with E-state index < -0.39 is 11.4 Å². The number of nitrogens with zero attached hydrogens (tertiary/aromatic N) is 1. The largest absolute Gasteiger partial charge is 0.394 e. The summed E-state index contributed by atoms with van der Waals surface area (Å²) in [5.74, 6) is 0.